The van der Waals surface area contributed by atoms with E-state index in [0.29, 0.717) is 11.3 Å². The summed E-state index contributed by atoms with van der Waals surface area (Å²) >= 11 is 3.34. The molecule has 2 atom stereocenters. The van der Waals surface area contributed by atoms with Crippen LogP contribution in [0.5, 0.6) is 0 Å². The topological polar surface area (TPSA) is 66.5 Å². The van der Waals surface area contributed by atoms with Crippen molar-refractivity contribution in [2.24, 2.45) is 5.92 Å². The molecule has 2 fully saturated rings. The van der Waals surface area contributed by atoms with Crippen molar-refractivity contribution in [2.75, 3.05) is 4.90 Å². The van der Waals surface area contributed by atoms with Crippen LogP contribution in [0.15, 0.2) is 59.1 Å². The third-order valence-corrected chi connectivity index (χ3v) is 5.15. The number of fused-ring (bicyclic) bond motifs is 1. The van der Waals surface area contributed by atoms with Gasteiger partial charge in [-0.1, -0.05) is 46.3 Å². The molecule has 0 bridgehead atoms. The summed E-state index contributed by atoms with van der Waals surface area (Å²) in [5.41, 5.74) is -0.159. The van der Waals surface area contributed by atoms with E-state index in [0.717, 1.165) is 4.47 Å². The maximum Gasteiger partial charge on any atom is 0.265 e. The Kier molecular flexibility index (Phi) is 3.31. The van der Waals surface area contributed by atoms with E-state index < -0.39 is 17.4 Å². The van der Waals surface area contributed by atoms with Crippen LogP contribution in [0.3, 0.4) is 0 Å². The maximum absolute atomic E-state index is 13.2. The molecule has 6 heteroatoms. The van der Waals surface area contributed by atoms with Crippen LogP contribution in [-0.2, 0) is 19.9 Å². The Hall–Kier alpha value is -2.47. The number of rotatable bonds is 2. The number of benzene rings is 2. The number of carbonyl (C=O) groups excluding carboxylic acids is 3. The number of anilines is 1. The van der Waals surface area contributed by atoms with E-state index in [4.69, 9.17) is 0 Å². The van der Waals surface area contributed by atoms with Crippen LogP contribution in [0.1, 0.15) is 12.0 Å². The fourth-order valence-electron chi connectivity index (χ4n) is 3.54. The van der Waals surface area contributed by atoms with Gasteiger partial charge in [-0.2, -0.15) is 0 Å². The Morgan fingerprint density at radius 1 is 1.00 bits per heavy atom. The summed E-state index contributed by atoms with van der Waals surface area (Å²) in [4.78, 5) is 39.3. The van der Waals surface area contributed by atoms with E-state index >= 15 is 0 Å². The number of hydrogen-bond donors (Lipinski definition) is 1. The molecule has 0 aromatic heterocycles. The molecular formula is C18H13BrN2O3. The zero-order chi connectivity index (χ0) is 16.9. The summed E-state index contributed by atoms with van der Waals surface area (Å²) in [6.07, 6.45) is 0.0203. The van der Waals surface area contributed by atoms with Crippen molar-refractivity contribution in [1.82, 2.24) is 5.32 Å². The summed E-state index contributed by atoms with van der Waals surface area (Å²) < 4.78 is 0.858. The first-order valence-electron chi connectivity index (χ1n) is 7.54. The fraction of sp³-hybridized carbons (Fsp3) is 0.167. The summed E-state index contributed by atoms with van der Waals surface area (Å²) in [7, 11) is 0. The number of hydrogen-bond acceptors (Lipinski definition) is 3. The predicted octanol–water partition coefficient (Wildman–Crippen LogP) is 2.35. The van der Waals surface area contributed by atoms with Crippen molar-refractivity contribution >= 4 is 39.3 Å². The lowest BCUT2D eigenvalue weighted by Gasteiger charge is -2.26. The summed E-state index contributed by atoms with van der Waals surface area (Å²) in [5, 5.41) is 2.78. The molecule has 0 unspecified atom stereocenters. The molecule has 120 valence electrons. The first-order chi connectivity index (χ1) is 11.5. The monoisotopic (exact) mass is 384 g/mol. The number of amides is 3. The first-order valence-corrected chi connectivity index (χ1v) is 8.34. The van der Waals surface area contributed by atoms with Crippen LogP contribution in [0, 0.1) is 5.92 Å². The quantitative estimate of drug-likeness (QED) is 0.808. The molecule has 2 aromatic carbocycles. The van der Waals surface area contributed by atoms with E-state index in [1.54, 1.807) is 48.5 Å². The highest BCUT2D eigenvalue weighted by molar-refractivity contribution is 9.10. The number of nitrogens with zero attached hydrogens (tertiary/aromatic N) is 1. The van der Waals surface area contributed by atoms with Gasteiger partial charge in [-0.05, 0) is 29.8 Å². The molecule has 2 aliphatic heterocycles. The highest BCUT2D eigenvalue weighted by Crippen LogP contribution is 2.46. The van der Waals surface area contributed by atoms with Crippen molar-refractivity contribution in [3.63, 3.8) is 0 Å². The molecule has 4 rings (SSSR count). The molecule has 2 aliphatic rings. The van der Waals surface area contributed by atoms with Crippen molar-refractivity contribution in [1.29, 1.82) is 0 Å². The molecule has 24 heavy (non-hydrogen) atoms. The van der Waals surface area contributed by atoms with Crippen LogP contribution < -0.4 is 10.2 Å². The molecule has 5 nitrogen and oxygen atoms in total. The second kappa shape index (κ2) is 5.27. The predicted molar refractivity (Wildman–Crippen MR) is 91.0 cm³/mol. The van der Waals surface area contributed by atoms with Gasteiger partial charge in [-0.3, -0.25) is 14.4 Å². The summed E-state index contributed by atoms with van der Waals surface area (Å²) in [5.74, 6) is -1.74. The number of halogens is 1. The minimum atomic E-state index is -1.30. The number of imide groups is 1. The molecule has 0 aliphatic carbocycles. The molecule has 3 amide bonds. The first kappa shape index (κ1) is 15.1. The largest absolute Gasteiger partial charge is 0.337 e. The van der Waals surface area contributed by atoms with Crippen LogP contribution >= 0.6 is 15.9 Å². The van der Waals surface area contributed by atoms with Crippen LogP contribution in [0.4, 0.5) is 5.69 Å². The van der Waals surface area contributed by atoms with Crippen molar-refractivity contribution < 1.29 is 14.4 Å². The van der Waals surface area contributed by atoms with Crippen LogP contribution in [0.25, 0.3) is 0 Å². The molecule has 0 radical (unpaired) electrons. The standard InChI is InChI=1S/C18H13BrN2O3/c19-12-6-8-13(9-7-12)21-16(23)14-10-15(22)20-18(14,17(21)24)11-4-2-1-3-5-11/h1-9,14H,10H2,(H,20,22)/t14-,18-/m1/s1. The highest BCUT2D eigenvalue weighted by atomic mass is 79.9. The van der Waals surface area contributed by atoms with E-state index in [1.165, 1.54) is 4.90 Å². The molecule has 2 saturated heterocycles. The average Bonchev–Trinajstić information content (AvgIpc) is 3.04. The summed E-state index contributed by atoms with van der Waals surface area (Å²) in [6.45, 7) is 0. The lowest BCUT2D eigenvalue weighted by atomic mass is 9.81. The van der Waals surface area contributed by atoms with E-state index in [9.17, 15) is 14.4 Å². The lowest BCUT2D eigenvalue weighted by molar-refractivity contribution is -0.128. The zero-order valence-electron chi connectivity index (χ0n) is 12.5. The molecular weight excluding hydrogens is 372 g/mol. The highest BCUT2D eigenvalue weighted by Gasteiger charge is 2.65. The van der Waals surface area contributed by atoms with Crippen molar-refractivity contribution in [3.8, 4) is 0 Å². The Morgan fingerprint density at radius 2 is 1.67 bits per heavy atom. The second-order valence-electron chi connectivity index (χ2n) is 5.93. The van der Waals surface area contributed by atoms with Crippen LogP contribution in [0.2, 0.25) is 0 Å². The Labute approximate surface area is 146 Å². The van der Waals surface area contributed by atoms with Gasteiger partial charge in [-0.25, -0.2) is 4.90 Å². The normalized spacial score (nSPS) is 25.8. The minimum absolute atomic E-state index is 0.0203. The lowest BCUT2D eigenvalue weighted by Crippen LogP contribution is -2.49. The molecule has 0 saturated carbocycles. The Bertz CT molecular complexity index is 850. The Morgan fingerprint density at radius 3 is 2.33 bits per heavy atom. The SMILES string of the molecule is O=C1C[C@@H]2C(=O)N(c3ccc(Br)cc3)C(=O)[C@]2(c2ccccc2)N1. The second-order valence-corrected chi connectivity index (χ2v) is 6.85. The molecule has 2 heterocycles. The van der Waals surface area contributed by atoms with Gasteiger partial charge in [0.25, 0.3) is 5.91 Å². The summed E-state index contributed by atoms with van der Waals surface area (Å²) in [6, 6.07) is 15.9. The van der Waals surface area contributed by atoms with Gasteiger partial charge < -0.3 is 5.32 Å². The third kappa shape index (κ3) is 1.96. The molecule has 1 N–H and O–H groups in total. The maximum atomic E-state index is 13.2. The zero-order valence-corrected chi connectivity index (χ0v) is 14.1. The minimum Gasteiger partial charge on any atom is -0.337 e. The van der Waals surface area contributed by atoms with Crippen LogP contribution in [-0.4, -0.2) is 17.7 Å². The van der Waals surface area contributed by atoms with E-state index in [2.05, 4.69) is 21.2 Å². The van der Waals surface area contributed by atoms with E-state index in [1.807, 2.05) is 6.07 Å². The smallest absolute Gasteiger partial charge is 0.265 e. The van der Waals surface area contributed by atoms with Crippen molar-refractivity contribution in [3.05, 3.63) is 64.6 Å². The fourth-order valence-corrected chi connectivity index (χ4v) is 3.80. The van der Waals surface area contributed by atoms with Gasteiger partial charge in [0, 0.05) is 10.9 Å². The van der Waals surface area contributed by atoms with Gasteiger partial charge in [0.15, 0.2) is 5.54 Å². The van der Waals surface area contributed by atoms with Gasteiger partial charge in [0.2, 0.25) is 11.8 Å². The van der Waals surface area contributed by atoms with Gasteiger partial charge >= 0.3 is 0 Å². The van der Waals surface area contributed by atoms with E-state index in [-0.39, 0.29) is 18.2 Å². The van der Waals surface area contributed by atoms with Gasteiger partial charge in [0.1, 0.15) is 0 Å². The average molecular weight is 385 g/mol. The van der Waals surface area contributed by atoms with Gasteiger partial charge in [-0.15, -0.1) is 0 Å². The Balaban J connectivity index is 1.86. The van der Waals surface area contributed by atoms with Crippen molar-refractivity contribution in [2.45, 2.75) is 12.0 Å². The molecule has 0 spiro atoms. The van der Waals surface area contributed by atoms with Gasteiger partial charge in [0.05, 0.1) is 11.6 Å². The third-order valence-electron chi connectivity index (χ3n) is 4.62. The number of nitrogens with one attached hydrogen (secondary N) is 1. The molecule has 2 aromatic rings. The number of carbonyl (C=O) groups is 3.